The Morgan fingerprint density at radius 3 is 2.81 bits per heavy atom. The van der Waals surface area contributed by atoms with Gasteiger partial charge in [-0.2, -0.15) is 8.42 Å². The van der Waals surface area contributed by atoms with Crippen molar-refractivity contribution >= 4 is 21.5 Å². The van der Waals surface area contributed by atoms with Crippen molar-refractivity contribution in [2.45, 2.75) is 43.9 Å². The molecule has 0 radical (unpaired) electrons. The van der Waals surface area contributed by atoms with E-state index in [4.69, 9.17) is 13.6 Å². The Balaban J connectivity index is 1.84. The van der Waals surface area contributed by atoms with Gasteiger partial charge in [-0.3, -0.25) is 9.79 Å². The first-order valence-corrected chi connectivity index (χ1v) is 10.9. The van der Waals surface area contributed by atoms with Gasteiger partial charge in [-0.25, -0.2) is 0 Å². The van der Waals surface area contributed by atoms with E-state index in [1.54, 1.807) is 0 Å². The molecule has 0 spiro atoms. The fourth-order valence-electron chi connectivity index (χ4n) is 4.22. The van der Waals surface area contributed by atoms with Gasteiger partial charge in [0.25, 0.3) is 0 Å². The molecule has 1 saturated carbocycles. The summed E-state index contributed by atoms with van der Waals surface area (Å²) in [4.78, 5) is 17.1. The predicted molar refractivity (Wildman–Crippen MR) is 102 cm³/mol. The third-order valence-electron chi connectivity index (χ3n) is 5.35. The summed E-state index contributed by atoms with van der Waals surface area (Å²) in [5.74, 6) is 0.00146. The maximum absolute atomic E-state index is 12.3. The number of hydrogen-bond donors (Lipinski definition) is 0. The van der Waals surface area contributed by atoms with Crippen LogP contribution < -0.4 is 9.61 Å². The standard InChI is InChI=1S/C20H21NO5S/c1-27(23,24)26-19-16(22)10-12-25-17(19)13-20-11-6-2-3-9-18(20)21-15-8-5-4-7-14(15)20/h4-5,7-8,10,12H,2-3,6,9,11,13H2,1H3. The van der Waals surface area contributed by atoms with Gasteiger partial charge in [0.05, 0.1) is 18.2 Å². The summed E-state index contributed by atoms with van der Waals surface area (Å²) in [6.07, 6.45) is 7.54. The Labute approximate surface area is 158 Å². The lowest BCUT2D eigenvalue weighted by molar-refractivity contribution is 0.394. The van der Waals surface area contributed by atoms with Gasteiger partial charge in [-0.15, -0.1) is 0 Å². The predicted octanol–water partition coefficient (Wildman–Crippen LogP) is 3.51. The molecular formula is C20H21NO5S. The average molecular weight is 387 g/mol. The Bertz CT molecular complexity index is 1070. The summed E-state index contributed by atoms with van der Waals surface area (Å²) in [6.45, 7) is 0. The van der Waals surface area contributed by atoms with Crippen LogP contribution >= 0.6 is 0 Å². The lowest BCUT2D eigenvalue weighted by Crippen LogP contribution is -2.35. The highest BCUT2D eigenvalue weighted by Crippen LogP contribution is 2.48. The summed E-state index contributed by atoms with van der Waals surface area (Å²) < 4.78 is 33.9. The fraction of sp³-hybridized carbons (Fsp3) is 0.400. The topological polar surface area (TPSA) is 85.9 Å². The maximum atomic E-state index is 12.3. The first-order chi connectivity index (χ1) is 12.9. The van der Waals surface area contributed by atoms with Crippen molar-refractivity contribution in [1.29, 1.82) is 0 Å². The number of hydrogen-bond acceptors (Lipinski definition) is 6. The average Bonchev–Trinajstić information content (AvgIpc) is 2.77. The Hall–Kier alpha value is -2.41. The number of para-hydroxylation sites is 1. The van der Waals surface area contributed by atoms with Crippen LogP contribution in [0.1, 0.15) is 43.4 Å². The molecule has 1 aromatic carbocycles. The van der Waals surface area contributed by atoms with E-state index >= 15 is 0 Å². The van der Waals surface area contributed by atoms with Gasteiger partial charge in [0.2, 0.25) is 11.2 Å². The minimum Gasteiger partial charge on any atom is -0.465 e. The van der Waals surface area contributed by atoms with E-state index in [2.05, 4.69) is 6.07 Å². The van der Waals surface area contributed by atoms with Crippen molar-refractivity contribution in [3.05, 3.63) is 58.1 Å². The van der Waals surface area contributed by atoms with Crippen LogP contribution in [0.15, 0.2) is 50.8 Å². The molecular weight excluding hydrogens is 366 g/mol. The molecule has 6 nitrogen and oxygen atoms in total. The van der Waals surface area contributed by atoms with Gasteiger partial charge in [-0.05, 0) is 30.9 Å². The molecule has 0 amide bonds. The van der Waals surface area contributed by atoms with E-state index in [9.17, 15) is 13.2 Å². The fourth-order valence-corrected chi connectivity index (χ4v) is 4.70. The molecule has 0 N–H and O–H groups in total. The molecule has 1 aliphatic heterocycles. The second kappa shape index (κ2) is 6.64. The number of fused-ring (bicyclic) bond motifs is 3. The molecule has 142 valence electrons. The Kier molecular flexibility index (Phi) is 4.42. The minimum absolute atomic E-state index is 0.248. The van der Waals surface area contributed by atoms with Crippen LogP contribution in [-0.4, -0.2) is 20.4 Å². The minimum atomic E-state index is -3.85. The van der Waals surface area contributed by atoms with E-state index in [1.807, 2.05) is 18.2 Å². The van der Waals surface area contributed by atoms with E-state index < -0.39 is 15.5 Å². The lowest BCUT2D eigenvalue weighted by atomic mass is 9.71. The highest BCUT2D eigenvalue weighted by Gasteiger charge is 2.45. The third-order valence-corrected chi connectivity index (χ3v) is 5.82. The van der Waals surface area contributed by atoms with Gasteiger partial charge >= 0.3 is 10.1 Å². The van der Waals surface area contributed by atoms with Gasteiger partial charge in [0, 0.05) is 23.6 Å². The van der Waals surface area contributed by atoms with Crippen LogP contribution in [0.5, 0.6) is 5.75 Å². The molecule has 4 rings (SSSR count). The molecule has 2 heterocycles. The summed E-state index contributed by atoms with van der Waals surface area (Å²) >= 11 is 0. The molecule has 0 bridgehead atoms. The third kappa shape index (κ3) is 3.32. The number of nitrogens with zero attached hydrogens (tertiary/aromatic N) is 1. The zero-order chi connectivity index (χ0) is 19.1. The smallest absolute Gasteiger partial charge is 0.306 e. The monoisotopic (exact) mass is 387 g/mol. The molecule has 1 atom stereocenters. The lowest BCUT2D eigenvalue weighted by Gasteiger charge is -2.31. The summed E-state index contributed by atoms with van der Waals surface area (Å²) in [5.41, 5.74) is 2.24. The van der Waals surface area contributed by atoms with Crippen LogP contribution in [0, 0.1) is 0 Å². The quantitative estimate of drug-likeness (QED) is 0.750. The molecule has 7 heteroatoms. The Morgan fingerprint density at radius 2 is 2.00 bits per heavy atom. The van der Waals surface area contributed by atoms with E-state index in [-0.39, 0.29) is 16.9 Å². The zero-order valence-electron chi connectivity index (χ0n) is 15.1. The molecule has 0 saturated heterocycles. The SMILES string of the molecule is CS(=O)(=O)Oc1c(CC23CCCCCC2=Nc2ccccc23)occc1=O. The second-order valence-electron chi connectivity index (χ2n) is 7.22. The molecule has 2 aromatic rings. The van der Waals surface area contributed by atoms with Crippen LogP contribution in [0.4, 0.5) is 5.69 Å². The number of aliphatic imine (C=N–C) groups is 1. The molecule has 1 unspecified atom stereocenters. The first kappa shape index (κ1) is 18.0. The van der Waals surface area contributed by atoms with Crippen molar-refractivity contribution < 1.29 is 17.0 Å². The van der Waals surface area contributed by atoms with Crippen LogP contribution in [0.3, 0.4) is 0 Å². The highest BCUT2D eigenvalue weighted by molar-refractivity contribution is 7.86. The molecule has 1 fully saturated rings. The van der Waals surface area contributed by atoms with Gasteiger partial charge in [-0.1, -0.05) is 31.0 Å². The van der Waals surface area contributed by atoms with Crippen molar-refractivity contribution in [2.75, 3.05) is 6.26 Å². The van der Waals surface area contributed by atoms with Crippen molar-refractivity contribution in [2.24, 2.45) is 4.99 Å². The normalized spacial score (nSPS) is 21.7. The Morgan fingerprint density at radius 1 is 1.19 bits per heavy atom. The van der Waals surface area contributed by atoms with Crippen molar-refractivity contribution in [3.63, 3.8) is 0 Å². The molecule has 1 aromatic heterocycles. The van der Waals surface area contributed by atoms with Gasteiger partial charge in [0.15, 0.2) is 5.76 Å². The van der Waals surface area contributed by atoms with E-state index in [0.717, 1.165) is 55.3 Å². The van der Waals surface area contributed by atoms with E-state index in [0.29, 0.717) is 6.42 Å². The molecule has 1 aliphatic carbocycles. The molecule has 27 heavy (non-hydrogen) atoms. The number of rotatable bonds is 4. The number of benzene rings is 1. The van der Waals surface area contributed by atoms with E-state index in [1.165, 1.54) is 12.3 Å². The largest absolute Gasteiger partial charge is 0.465 e. The summed E-state index contributed by atoms with van der Waals surface area (Å²) in [7, 11) is -3.85. The van der Waals surface area contributed by atoms with Crippen LogP contribution in [0.2, 0.25) is 0 Å². The van der Waals surface area contributed by atoms with Crippen molar-refractivity contribution in [3.8, 4) is 5.75 Å². The van der Waals surface area contributed by atoms with Gasteiger partial charge in [0.1, 0.15) is 0 Å². The summed E-state index contributed by atoms with van der Waals surface area (Å²) in [6, 6.07) is 9.18. The second-order valence-corrected chi connectivity index (χ2v) is 8.79. The van der Waals surface area contributed by atoms with Gasteiger partial charge < -0.3 is 8.60 Å². The van der Waals surface area contributed by atoms with Crippen LogP contribution in [-0.2, 0) is 22.0 Å². The zero-order valence-corrected chi connectivity index (χ0v) is 15.9. The first-order valence-electron chi connectivity index (χ1n) is 9.07. The van der Waals surface area contributed by atoms with Crippen LogP contribution in [0.25, 0.3) is 0 Å². The van der Waals surface area contributed by atoms with Crippen molar-refractivity contribution in [1.82, 2.24) is 0 Å². The maximum Gasteiger partial charge on any atom is 0.306 e. The molecule has 2 aliphatic rings. The summed E-state index contributed by atoms with van der Waals surface area (Å²) in [5, 5.41) is 0. The highest BCUT2D eigenvalue weighted by atomic mass is 32.2.